The molecule has 1 amide bonds. The van der Waals surface area contributed by atoms with Gasteiger partial charge in [0.25, 0.3) is 0 Å². The molecule has 0 bridgehead atoms. The maximum absolute atomic E-state index is 12.6. The van der Waals surface area contributed by atoms with Gasteiger partial charge >= 0.3 is 6.18 Å². The summed E-state index contributed by atoms with van der Waals surface area (Å²) in [7, 11) is 0. The number of piperazine rings is 1. The first-order valence-corrected chi connectivity index (χ1v) is 8.26. The number of nitrogens with one attached hydrogen (secondary N) is 1. The summed E-state index contributed by atoms with van der Waals surface area (Å²) in [5.41, 5.74) is 0.256. The van der Waals surface area contributed by atoms with Crippen LogP contribution in [0.5, 0.6) is 0 Å². The number of amides is 1. The highest BCUT2D eigenvalue weighted by Crippen LogP contribution is 2.29. The summed E-state index contributed by atoms with van der Waals surface area (Å²) in [6.07, 6.45) is -3.37. The Hall–Kier alpha value is -1.60. The smallest absolute Gasteiger partial charge is 0.355 e. The number of benzene rings is 1. The van der Waals surface area contributed by atoms with Crippen LogP contribution >= 0.6 is 0 Å². The van der Waals surface area contributed by atoms with Crippen LogP contribution in [0, 0.1) is 0 Å². The van der Waals surface area contributed by atoms with Crippen LogP contribution in [-0.2, 0) is 17.5 Å². The van der Waals surface area contributed by atoms with Crippen molar-refractivity contribution in [3.63, 3.8) is 0 Å². The molecule has 1 fully saturated rings. The van der Waals surface area contributed by atoms with Crippen LogP contribution in [0.4, 0.5) is 13.2 Å². The molecule has 0 spiro atoms. The standard InChI is InChI=1S/C17H24F3N3O/c1-2-7-21-16(24)13-23-10-8-22(9-11-23)12-14-3-5-15(6-4-14)17(18,19)20/h3-6H,2,7-13H2,1H3,(H,21,24). The summed E-state index contributed by atoms with van der Waals surface area (Å²) in [6.45, 7) is 6.96. The van der Waals surface area contributed by atoms with Gasteiger partial charge in [0.05, 0.1) is 12.1 Å². The number of rotatable bonds is 6. The lowest BCUT2D eigenvalue weighted by Gasteiger charge is -2.34. The second kappa shape index (κ2) is 8.48. The molecule has 0 aliphatic carbocycles. The molecular weight excluding hydrogens is 319 g/mol. The molecule has 1 heterocycles. The highest BCUT2D eigenvalue weighted by Gasteiger charge is 2.30. The lowest BCUT2D eigenvalue weighted by molar-refractivity contribution is -0.137. The normalized spacial score (nSPS) is 17.0. The molecule has 1 aromatic rings. The topological polar surface area (TPSA) is 35.6 Å². The third-order valence-electron chi connectivity index (χ3n) is 4.09. The van der Waals surface area contributed by atoms with Crippen molar-refractivity contribution in [2.75, 3.05) is 39.3 Å². The van der Waals surface area contributed by atoms with Crippen molar-refractivity contribution < 1.29 is 18.0 Å². The van der Waals surface area contributed by atoms with Crippen LogP contribution in [0.25, 0.3) is 0 Å². The summed E-state index contributed by atoms with van der Waals surface area (Å²) in [5, 5.41) is 2.86. The molecule has 1 aliphatic heterocycles. The molecule has 24 heavy (non-hydrogen) atoms. The average molecular weight is 343 g/mol. The lowest BCUT2D eigenvalue weighted by Crippen LogP contribution is -2.49. The predicted octanol–water partition coefficient (Wildman–Crippen LogP) is 2.35. The van der Waals surface area contributed by atoms with Gasteiger partial charge in [0.15, 0.2) is 0 Å². The van der Waals surface area contributed by atoms with Crippen molar-refractivity contribution in [3.05, 3.63) is 35.4 Å². The van der Waals surface area contributed by atoms with Crippen molar-refractivity contribution in [3.8, 4) is 0 Å². The summed E-state index contributed by atoms with van der Waals surface area (Å²) < 4.78 is 37.7. The van der Waals surface area contributed by atoms with E-state index in [0.717, 1.165) is 50.3 Å². The Morgan fingerprint density at radius 1 is 1.08 bits per heavy atom. The molecule has 7 heteroatoms. The number of hydrogen-bond acceptors (Lipinski definition) is 3. The molecule has 1 aromatic carbocycles. The maximum Gasteiger partial charge on any atom is 0.416 e. The molecule has 1 saturated heterocycles. The summed E-state index contributed by atoms with van der Waals surface area (Å²) >= 11 is 0. The number of hydrogen-bond donors (Lipinski definition) is 1. The van der Waals surface area contributed by atoms with Gasteiger partial charge in [-0.3, -0.25) is 14.6 Å². The minimum atomic E-state index is -4.29. The average Bonchev–Trinajstić information content (AvgIpc) is 2.54. The van der Waals surface area contributed by atoms with Crippen LogP contribution < -0.4 is 5.32 Å². The van der Waals surface area contributed by atoms with Crippen LogP contribution in [0.3, 0.4) is 0 Å². The molecule has 0 saturated carbocycles. The zero-order chi connectivity index (χ0) is 17.6. The number of alkyl halides is 3. The van der Waals surface area contributed by atoms with Gasteiger partial charge in [-0.2, -0.15) is 13.2 Å². The Labute approximate surface area is 140 Å². The molecule has 4 nitrogen and oxygen atoms in total. The van der Waals surface area contributed by atoms with Crippen molar-refractivity contribution in [1.29, 1.82) is 0 Å². The van der Waals surface area contributed by atoms with Gasteiger partial charge in [-0.1, -0.05) is 19.1 Å². The fourth-order valence-electron chi connectivity index (χ4n) is 2.69. The van der Waals surface area contributed by atoms with Crippen molar-refractivity contribution in [1.82, 2.24) is 15.1 Å². The highest BCUT2D eigenvalue weighted by atomic mass is 19.4. The van der Waals surface area contributed by atoms with Crippen molar-refractivity contribution in [2.45, 2.75) is 26.1 Å². The van der Waals surface area contributed by atoms with E-state index < -0.39 is 11.7 Å². The zero-order valence-electron chi connectivity index (χ0n) is 13.9. The molecule has 1 N–H and O–H groups in total. The van der Waals surface area contributed by atoms with Gasteiger partial charge in [0.2, 0.25) is 5.91 Å². The minimum absolute atomic E-state index is 0.0491. The molecular formula is C17H24F3N3O. The molecule has 0 atom stereocenters. The highest BCUT2D eigenvalue weighted by molar-refractivity contribution is 5.77. The van der Waals surface area contributed by atoms with Crippen LogP contribution in [0.1, 0.15) is 24.5 Å². The fourth-order valence-corrected chi connectivity index (χ4v) is 2.69. The van der Waals surface area contributed by atoms with Crippen molar-refractivity contribution >= 4 is 5.91 Å². The Kier molecular flexibility index (Phi) is 6.62. The van der Waals surface area contributed by atoms with E-state index in [1.54, 1.807) is 0 Å². The monoisotopic (exact) mass is 343 g/mol. The Balaban J connectivity index is 1.76. The van der Waals surface area contributed by atoms with Gasteiger partial charge in [-0.25, -0.2) is 0 Å². The van der Waals surface area contributed by atoms with E-state index in [4.69, 9.17) is 0 Å². The number of carbonyl (C=O) groups excluding carboxylic acids is 1. The number of nitrogens with zero attached hydrogens (tertiary/aromatic N) is 2. The van der Waals surface area contributed by atoms with Gasteiger partial charge in [0.1, 0.15) is 0 Å². The maximum atomic E-state index is 12.6. The first-order valence-electron chi connectivity index (χ1n) is 8.26. The van der Waals surface area contributed by atoms with E-state index in [1.807, 2.05) is 6.92 Å². The SMILES string of the molecule is CCCNC(=O)CN1CCN(Cc2ccc(C(F)(F)F)cc2)CC1. The van der Waals surface area contributed by atoms with Crippen LogP contribution in [0.15, 0.2) is 24.3 Å². The molecule has 0 aromatic heterocycles. The largest absolute Gasteiger partial charge is 0.416 e. The van der Waals surface area contributed by atoms with Gasteiger partial charge in [0, 0.05) is 39.3 Å². The van der Waals surface area contributed by atoms with E-state index in [-0.39, 0.29) is 5.91 Å². The minimum Gasteiger partial charge on any atom is -0.355 e. The zero-order valence-corrected chi connectivity index (χ0v) is 13.9. The molecule has 134 valence electrons. The Morgan fingerprint density at radius 3 is 2.21 bits per heavy atom. The first-order chi connectivity index (χ1) is 11.4. The van der Waals surface area contributed by atoms with Crippen LogP contribution in [0.2, 0.25) is 0 Å². The van der Waals surface area contributed by atoms with Gasteiger partial charge in [-0.05, 0) is 24.1 Å². The van der Waals surface area contributed by atoms with E-state index in [1.165, 1.54) is 12.1 Å². The summed E-state index contributed by atoms with van der Waals surface area (Å²) in [6, 6.07) is 5.33. The van der Waals surface area contributed by atoms with Gasteiger partial charge in [-0.15, -0.1) is 0 Å². The molecule has 0 unspecified atom stereocenters. The summed E-state index contributed by atoms with van der Waals surface area (Å²) in [4.78, 5) is 16.0. The Bertz CT molecular complexity index is 523. The van der Waals surface area contributed by atoms with Crippen LogP contribution in [-0.4, -0.2) is 55.0 Å². The fraction of sp³-hybridized carbons (Fsp3) is 0.588. The third-order valence-corrected chi connectivity index (χ3v) is 4.09. The number of carbonyl (C=O) groups is 1. The quantitative estimate of drug-likeness (QED) is 0.861. The van der Waals surface area contributed by atoms with E-state index in [0.29, 0.717) is 19.6 Å². The number of halogens is 3. The van der Waals surface area contributed by atoms with Crippen molar-refractivity contribution in [2.24, 2.45) is 0 Å². The first kappa shape index (κ1) is 18.7. The molecule has 1 aliphatic rings. The lowest BCUT2D eigenvalue weighted by atomic mass is 10.1. The second-order valence-corrected chi connectivity index (χ2v) is 6.10. The summed E-state index contributed by atoms with van der Waals surface area (Å²) in [5.74, 6) is 0.0491. The van der Waals surface area contributed by atoms with E-state index >= 15 is 0 Å². The van der Waals surface area contributed by atoms with E-state index in [2.05, 4.69) is 15.1 Å². The second-order valence-electron chi connectivity index (χ2n) is 6.10. The predicted molar refractivity (Wildman–Crippen MR) is 86.5 cm³/mol. The van der Waals surface area contributed by atoms with E-state index in [9.17, 15) is 18.0 Å². The molecule has 0 radical (unpaired) electrons. The third kappa shape index (κ3) is 5.79. The van der Waals surface area contributed by atoms with Gasteiger partial charge < -0.3 is 5.32 Å². The Morgan fingerprint density at radius 2 is 1.67 bits per heavy atom. The molecule has 2 rings (SSSR count).